The predicted octanol–water partition coefficient (Wildman–Crippen LogP) is 2.69. The molecule has 6 heteroatoms. The Labute approximate surface area is 96.1 Å². The first kappa shape index (κ1) is 12.8. The summed E-state index contributed by atoms with van der Waals surface area (Å²) in [6, 6.07) is 0. The smallest absolute Gasteiger partial charge is 0.307 e. The number of nitrogens with zero attached hydrogens (tertiary/aromatic N) is 1. The minimum absolute atomic E-state index is 0.124. The average Bonchev–Trinajstić information content (AvgIpc) is 2.19. The number of rotatable bonds is 4. The molecule has 16 heavy (non-hydrogen) atoms. The molecule has 0 spiro atoms. The summed E-state index contributed by atoms with van der Waals surface area (Å²) in [7, 11) is 0. The highest BCUT2D eigenvalue weighted by molar-refractivity contribution is 6.17. The van der Waals surface area contributed by atoms with Gasteiger partial charge < -0.3 is 5.11 Å². The quantitative estimate of drug-likeness (QED) is 0.835. The lowest BCUT2D eigenvalue weighted by atomic mass is 10.0. The molecule has 1 N–H and O–H groups in total. The SMILES string of the molecule is Cc1cnc(C(F)F)c(CCl)c1CC(=O)O. The molecule has 3 nitrogen and oxygen atoms in total. The van der Waals surface area contributed by atoms with E-state index < -0.39 is 18.1 Å². The zero-order valence-corrected chi connectivity index (χ0v) is 9.26. The first-order chi connectivity index (χ1) is 7.47. The Balaban J connectivity index is 3.32. The number of hydrogen-bond acceptors (Lipinski definition) is 2. The predicted molar refractivity (Wildman–Crippen MR) is 54.8 cm³/mol. The van der Waals surface area contributed by atoms with E-state index in [4.69, 9.17) is 16.7 Å². The van der Waals surface area contributed by atoms with Crippen LogP contribution in [0.15, 0.2) is 6.20 Å². The molecule has 0 amide bonds. The number of aromatic nitrogens is 1. The van der Waals surface area contributed by atoms with Crippen LogP contribution in [0, 0.1) is 6.92 Å². The first-order valence-electron chi connectivity index (χ1n) is 4.50. The van der Waals surface area contributed by atoms with E-state index in [1.54, 1.807) is 6.92 Å². The monoisotopic (exact) mass is 249 g/mol. The highest BCUT2D eigenvalue weighted by atomic mass is 35.5. The van der Waals surface area contributed by atoms with Gasteiger partial charge in [0.05, 0.1) is 6.42 Å². The fourth-order valence-electron chi connectivity index (χ4n) is 1.45. The molecular formula is C10H10ClF2NO2. The standard InChI is InChI=1S/C10H10ClF2NO2/c1-5-4-14-9(10(12)13)7(3-11)6(5)2-8(15)16/h4,10H,2-3H2,1H3,(H,15,16). The Morgan fingerprint density at radius 2 is 2.19 bits per heavy atom. The topological polar surface area (TPSA) is 50.2 Å². The van der Waals surface area contributed by atoms with Gasteiger partial charge in [0.25, 0.3) is 6.43 Å². The third-order valence-corrected chi connectivity index (χ3v) is 2.48. The highest BCUT2D eigenvalue weighted by Crippen LogP contribution is 2.27. The van der Waals surface area contributed by atoms with Crippen molar-refractivity contribution in [2.45, 2.75) is 25.7 Å². The molecule has 0 saturated heterocycles. The van der Waals surface area contributed by atoms with Crippen LogP contribution in [0.2, 0.25) is 0 Å². The van der Waals surface area contributed by atoms with Crippen LogP contribution >= 0.6 is 11.6 Å². The number of carbonyl (C=O) groups is 1. The Morgan fingerprint density at radius 3 is 2.62 bits per heavy atom. The Kier molecular flexibility index (Phi) is 4.18. The van der Waals surface area contributed by atoms with Crippen LogP contribution in [0.4, 0.5) is 8.78 Å². The van der Waals surface area contributed by atoms with Crippen LogP contribution in [0.5, 0.6) is 0 Å². The van der Waals surface area contributed by atoms with E-state index in [1.165, 1.54) is 6.20 Å². The summed E-state index contributed by atoms with van der Waals surface area (Å²) in [4.78, 5) is 14.2. The van der Waals surface area contributed by atoms with Crippen molar-refractivity contribution < 1.29 is 18.7 Å². The molecule has 1 heterocycles. The zero-order chi connectivity index (χ0) is 12.3. The molecule has 0 aliphatic rings. The van der Waals surface area contributed by atoms with Crippen LogP contribution in [0.1, 0.15) is 28.8 Å². The number of carboxylic acids is 1. The molecule has 1 aromatic heterocycles. The van der Waals surface area contributed by atoms with Crippen molar-refractivity contribution in [3.8, 4) is 0 Å². The minimum Gasteiger partial charge on any atom is -0.481 e. The largest absolute Gasteiger partial charge is 0.481 e. The average molecular weight is 250 g/mol. The lowest BCUT2D eigenvalue weighted by Crippen LogP contribution is -2.09. The zero-order valence-electron chi connectivity index (χ0n) is 8.51. The van der Waals surface area contributed by atoms with Crippen molar-refractivity contribution in [2.75, 3.05) is 0 Å². The van der Waals surface area contributed by atoms with Crippen molar-refractivity contribution in [2.24, 2.45) is 0 Å². The Morgan fingerprint density at radius 1 is 1.56 bits per heavy atom. The van der Waals surface area contributed by atoms with Gasteiger partial charge in [-0.2, -0.15) is 0 Å². The van der Waals surface area contributed by atoms with Crippen LogP contribution < -0.4 is 0 Å². The Hall–Kier alpha value is -1.23. The molecule has 0 atom stereocenters. The Bertz CT molecular complexity index is 410. The second-order valence-electron chi connectivity index (χ2n) is 3.29. The van der Waals surface area contributed by atoms with Gasteiger partial charge in [-0.15, -0.1) is 11.6 Å². The fourth-order valence-corrected chi connectivity index (χ4v) is 1.75. The van der Waals surface area contributed by atoms with Crippen LogP contribution in [0.3, 0.4) is 0 Å². The summed E-state index contributed by atoms with van der Waals surface area (Å²) in [5.74, 6) is -1.25. The van der Waals surface area contributed by atoms with Gasteiger partial charge in [-0.3, -0.25) is 9.78 Å². The first-order valence-corrected chi connectivity index (χ1v) is 5.04. The summed E-state index contributed by atoms with van der Waals surface area (Å²) < 4.78 is 25.2. The van der Waals surface area contributed by atoms with Crippen molar-refractivity contribution >= 4 is 17.6 Å². The molecule has 0 unspecified atom stereocenters. The van der Waals surface area contributed by atoms with Crippen molar-refractivity contribution in [3.63, 3.8) is 0 Å². The molecule has 1 rings (SSSR count). The van der Waals surface area contributed by atoms with Gasteiger partial charge in [0.1, 0.15) is 5.69 Å². The lowest BCUT2D eigenvalue weighted by Gasteiger charge is -2.12. The maximum absolute atomic E-state index is 12.6. The number of aliphatic carboxylic acids is 1. The van der Waals surface area contributed by atoms with Gasteiger partial charge in [0, 0.05) is 12.1 Å². The molecule has 0 aromatic carbocycles. The molecule has 1 aromatic rings. The van der Waals surface area contributed by atoms with E-state index in [9.17, 15) is 13.6 Å². The van der Waals surface area contributed by atoms with Gasteiger partial charge in [-0.1, -0.05) is 0 Å². The minimum atomic E-state index is -2.75. The van der Waals surface area contributed by atoms with E-state index in [-0.39, 0.29) is 17.9 Å². The van der Waals surface area contributed by atoms with E-state index in [1.807, 2.05) is 0 Å². The fraction of sp³-hybridized carbons (Fsp3) is 0.400. The molecule has 0 fully saturated rings. The number of pyridine rings is 1. The van der Waals surface area contributed by atoms with E-state index in [0.29, 0.717) is 11.1 Å². The number of carboxylic acid groups (broad SMARTS) is 1. The number of halogens is 3. The van der Waals surface area contributed by atoms with Crippen LogP contribution in [-0.2, 0) is 17.1 Å². The molecular weight excluding hydrogens is 240 g/mol. The number of hydrogen-bond donors (Lipinski definition) is 1. The van der Waals surface area contributed by atoms with Crippen molar-refractivity contribution in [1.29, 1.82) is 0 Å². The van der Waals surface area contributed by atoms with Crippen molar-refractivity contribution in [1.82, 2.24) is 4.98 Å². The van der Waals surface area contributed by atoms with Crippen LogP contribution in [0.25, 0.3) is 0 Å². The molecule has 0 saturated carbocycles. The second kappa shape index (κ2) is 5.21. The van der Waals surface area contributed by atoms with E-state index in [2.05, 4.69) is 4.98 Å². The van der Waals surface area contributed by atoms with Gasteiger partial charge >= 0.3 is 5.97 Å². The third-order valence-electron chi connectivity index (χ3n) is 2.22. The van der Waals surface area contributed by atoms with E-state index in [0.717, 1.165) is 0 Å². The van der Waals surface area contributed by atoms with Gasteiger partial charge in [0.15, 0.2) is 0 Å². The van der Waals surface area contributed by atoms with Gasteiger partial charge in [-0.25, -0.2) is 8.78 Å². The highest BCUT2D eigenvalue weighted by Gasteiger charge is 2.20. The molecule has 0 radical (unpaired) electrons. The van der Waals surface area contributed by atoms with Crippen LogP contribution in [-0.4, -0.2) is 16.1 Å². The number of alkyl halides is 3. The van der Waals surface area contributed by atoms with Crippen molar-refractivity contribution in [3.05, 3.63) is 28.6 Å². The second-order valence-corrected chi connectivity index (χ2v) is 3.56. The van der Waals surface area contributed by atoms with Gasteiger partial charge in [0.2, 0.25) is 0 Å². The lowest BCUT2D eigenvalue weighted by molar-refractivity contribution is -0.136. The summed E-state index contributed by atoms with van der Waals surface area (Å²) in [5.41, 5.74) is 0.575. The molecule has 0 aliphatic heterocycles. The summed E-state index contributed by atoms with van der Waals surface area (Å²) in [6.45, 7) is 1.62. The maximum atomic E-state index is 12.6. The van der Waals surface area contributed by atoms with E-state index >= 15 is 0 Å². The normalized spacial score (nSPS) is 10.8. The van der Waals surface area contributed by atoms with Gasteiger partial charge in [-0.05, 0) is 23.6 Å². The molecule has 0 bridgehead atoms. The number of aryl methyl sites for hydroxylation is 1. The molecule has 88 valence electrons. The molecule has 0 aliphatic carbocycles. The summed E-state index contributed by atoms with van der Waals surface area (Å²) >= 11 is 5.57. The summed E-state index contributed by atoms with van der Waals surface area (Å²) in [6.07, 6.45) is -1.83. The third kappa shape index (κ3) is 2.66. The summed E-state index contributed by atoms with van der Waals surface area (Å²) in [5, 5.41) is 8.69. The maximum Gasteiger partial charge on any atom is 0.307 e.